The molecule has 28 heavy (non-hydrogen) atoms. The molecule has 0 N–H and O–H groups in total. The molecule has 0 aliphatic carbocycles. The summed E-state index contributed by atoms with van der Waals surface area (Å²) in [4.78, 5) is 41.5. The second-order valence-corrected chi connectivity index (χ2v) is 7.03. The zero-order valence-electron chi connectivity index (χ0n) is 15.7. The Morgan fingerprint density at radius 3 is 2.14 bits per heavy atom. The molecule has 0 bridgehead atoms. The van der Waals surface area contributed by atoms with Gasteiger partial charge in [-0.2, -0.15) is 0 Å². The summed E-state index contributed by atoms with van der Waals surface area (Å²) in [6, 6.07) is 10.1. The molecule has 0 aromatic heterocycles. The van der Waals surface area contributed by atoms with E-state index < -0.39 is 17.8 Å². The number of hydrogen-bond donors (Lipinski definition) is 0. The van der Waals surface area contributed by atoms with Gasteiger partial charge in [0.25, 0.3) is 11.8 Å². The number of fused-ring (bicyclic) bond motifs is 1. The van der Waals surface area contributed by atoms with Crippen LogP contribution in [0.4, 0.5) is 0 Å². The Morgan fingerprint density at radius 2 is 1.57 bits per heavy atom. The highest BCUT2D eigenvalue weighted by Crippen LogP contribution is 2.32. The lowest BCUT2D eigenvalue weighted by Crippen LogP contribution is -2.33. The predicted octanol–water partition coefficient (Wildman–Crippen LogP) is 3.00. The summed E-state index contributed by atoms with van der Waals surface area (Å²) in [5.41, 5.74) is 2.44. The number of rotatable bonds is 7. The largest absolute Gasteiger partial charge is 0.493 e. The molecule has 146 valence electrons. The van der Waals surface area contributed by atoms with Crippen LogP contribution < -0.4 is 9.47 Å². The number of amides is 2. The molecule has 7 nitrogen and oxygen atoms in total. The second-order valence-electron chi connectivity index (χ2n) is 6.04. The fraction of sp³-hybridized carbons (Fsp3) is 0.250. The molecule has 1 heterocycles. The first-order chi connectivity index (χ1) is 13.5. The molecule has 0 spiro atoms. The van der Waals surface area contributed by atoms with Crippen molar-refractivity contribution in [3.05, 3.63) is 58.7 Å². The molecule has 0 fully saturated rings. The van der Waals surface area contributed by atoms with Crippen molar-refractivity contribution in [2.24, 2.45) is 0 Å². The van der Waals surface area contributed by atoms with E-state index in [0.29, 0.717) is 22.3 Å². The van der Waals surface area contributed by atoms with Crippen molar-refractivity contribution in [1.29, 1.82) is 0 Å². The monoisotopic (exact) mass is 401 g/mol. The highest BCUT2D eigenvalue weighted by molar-refractivity contribution is 7.99. The van der Waals surface area contributed by atoms with Crippen LogP contribution in [0.3, 0.4) is 0 Å². The van der Waals surface area contributed by atoms with Crippen LogP contribution >= 0.6 is 11.8 Å². The fourth-order valence-corrected chi connectivity index (χ4v) is 3.65. The van der Waals surface area contributed by atoms with Gasteiger partial charge in [0.1, 0.15) is 0 Å². The van der Waals surface area contributed by atoms with Crippen LogP contribution in [-0.2, 0) is 15.4 Å². The number of carbonyl (C=O) groups excluding carboxylic acids is 3. The quantitative estimate of drug-likeness (QED) is 0.660. The van der Waals surface area contributed by atoms with Crippen LogP contribution in [0.1, 0.15) is 31.8 Å². The average molecular weight is 401 g/mol. The Balaban J connectivity index is 1.57. The Labute approximate surface area is 166 Å². The molecule has 1 aliphatic rings. The standard InChI is InChI=1S/C20H19NO6S/c1-12-8-16(25-2)17(26-3)9-13(12)10-28-11-18(22)27-21-19(23)14-6-4-5-7-15(14)20(21)24/h4-9H,10-11H2,1-3H3. The molecule has 0 atom stereocenters. The fourth-order valence-electron chi connectivity index (χ4n) is 2.80. The third-order valence-electron chi connectivity index (χ3n) is 4.27. The van der Waals surface area contributed by atoms with Crippen molar-refractivity contribution >= 4 is 29.5 Å². The van der Waals surface area contributed by atoms with Crippen molar-refractivity contribution in [3.63, 3.8) is 0 Å². The van der Waals surface area contributed by atoms with Gasteiger partial charge in [-0.05, 0) is 42.3 Å². The minimum Gasteiger partial charge on any atom is -0.493 e. The van der Waals surface area contributed by atoms with Gasteiger partial charge in [0.15, 0.2) is 11.5 Å². The van der Waals surface area contributed by atoms with Crippen LogP contribution in [0.15, 0.2) is 36.4 Å². The van der Waals surface area contributed by atoms with Gasteiger partial charge < -0.3 is 14.3 Å². The topological polar surface area (TPSA) is 82.1 Å². The number of methoxy groups -OCH3 is 2. The zero-order chi connectivity index (χ0) is 20.3. The molecule has 2 aromatic carbocycles. The normalized spacial score (nSPS) is 12.8. The van der Waals surface area contributed by atoms with Gasteiger partial charge in [0.05, 0.1) is 31.1 Å². The predicted molar refractivity (Wildman–Crippen MR) is 103 cm³/mol. The summed E-state index contributed by atoms with van der Waals surface area (Å²) in [5.74, 6) is -0.164. The molecule has 0 saturated carbocycles. The van der Waals surface area contributed by atoms with Gasteiger partial charge in [-0.1, -0.05) is 17.2 Å². The smallest absolute Gasteiger partial charge is 0.343 e. The van der Waals surface area contributed by atoms with Crippen molar-refractivity contribution in [2.45, 2.75) is 12.7 Å². The number of hydroxylamine groups is 2. The van der Waals surface area contributed by atoms with E-state index in [0.717, 1.165) is 11.1 Å². The third-order valence-corrected chi connectivity index (χ3v) is 5.22. The number of thioether (sulfide) groups is 1. The maximum atomic E-state index is 12.2. The molecule has 2 amide bonds. The van der Waals surface area contributed by atoms with E-state index in [2.05, 4.69) is 0 Å². The summed E-state index contributed by atoms with van der Waals surface area (Å²) in [7, 11) is 3.13. The van der Waals surface area contributed by atoms with Crippen molar-refractivity contribution in [1.82, 2.24) is 5.06 Å². The van der Waals surface area contributed by atoms with Gasteiger partial charge >= 0.3 is 5.97 Å². The maximum absolute atomic E-state index is 12.2. The number of imide groups is 1. The van der Waals surface area contributed by atoms with Crippen LogP contribution in [0.2, 0.25) is 0 Å². The summed E-state index contributed by atoms with van der Waals surface area (Å²) >= 11 is 1.31. The van der Waals surface area contributed by atoms with Gasteiger partial charge in [-0.15, -0.1) is 11.8 Å². The molecule has 0 saturated heterocycles. The van der Waals surface area contributed by atoms with Gasteiger partial charge in [-0.25, -0.2) is 4.79 Å². The lowest BCUT2D eigenvalue weighted by atomic mass is 10.1. The summed E-state index contributed by atoms with van der Waals surface area (Å²) in [5, 5.41) is 0.523. The van der Waals surface area contributed by atoms with Crippen LogP contribution in [0.5, 0.6) is 11.5 Å². The minimum atomic E-state index is -0.669. The lowest BCUT2D eigenvalue weighted by molar-refractivity contribution is -0.165. The highest BCUT2D eigenvalue weighted by atomic mass is 32.2. The number of hydrogen-bond acceptors (Lipinski definition) is 7. The van der Waals surface area contributed by atoms with Gasteiger partial charge in [-0.3, -0.25) is 9.59 Å². The van der Waals surface area contributed by atoms with E-state index >= 15 is 0 Å². The molecular formula is C20H19NO6S. The number of ether oxygens (including phenoxy) is 2. The number of nitrogens with zero attached hydrogens (tertiary/aromatic N) is 1. The van der Waals surface area contributed by atoms with Crippen LogP contribution in [0, 0.1) is 6.92 Å². The average Bonchev–Trinajstić information content (AvgIpc) is 2.94. The van der Waals surface area contributed by atoms with E-state index in [-0.39, 0.29) is 16.9 Å². The van der Waals surface area contributed by atoms with Gasteiger partial charge in [0, 0.05) is 5.75 Å². The van der Waals surface area contributed by atoms with E-state index in [9.17, 15) is 14.4 Å². The Bertz CT molecular complexity index is 907. The Morgan fingerprint density at radius 1 is 1.00 bits per heavy atom. The first-order valence-electron chi connectivity index (χ1n) is 8.44. The van der Waals surface area contributed by atoms with Crippen molar-refractivity contribution < 1.29 is 28.7 Å². The second kappa shape index (κ2) is 8.35. The van der Waals surface area contributed by atoms with Crippen LogP contribution in [-0.4, -0.2) is 42.8 Å². The Hall–Kier alpha value is -3.00. The van der Waals surface area contributed by atoms with E-state index in [4.69, 9.17) is 14.3 Å². The maximum Gasteiger partial charge on any atom is 0.343 e. The van der Waals surface area contributed by atoms with E-state index in [1.807, 2.05) is 19.1 Å². The number of aryl methyl sites for hydroxylation is 1. The zero-order valence-corrected chi connectivity index (χ0v) is 16.5. The number of benzene rings is 2. The first kappa shape index (κ1) is 19.8. The highest BCUT2D eigenvalue weighted by Gasteiger charge is 2.38. The number of carbonyl (C=O) groups is 3. The summed E-state index contributed by atoms with van der Waals surface area (Å²) < 4.78 is 10.6. The van der Waals surface area contributed by atoms with Gasteiger partial charge in [0.2, 0.25) is 0 Å². The molecule has 0 radical (unpaired) electrons. The molecule has 3 rings (SSSR count). The van der Waals surface area contributed by atoms with Crippen molar-refractivity contribution in [2.75, 3.05) is 20.0 Å². The summed E-state index contributed by atoms with van der Waals surface area (Å²) in [6.07, 6.45) is 0. The van der Waals surface area contributed by atoms with E-state index in [1.165, 1.54) is 23.9 Å². The Kier molecular flexibility index (Phi) is 5.89. The SMILES string of the molecule is COc1cc(C)c(CSCC(=O)ON2C(=O)c3ccccc3C2=O)cc1OC. The molecular weight excluding hydrogens is 382 g/mol. The van der Waals surface area contributed by atoms with Crippen molar-refractivity contribution in [3.8, 4) is 11.5 Å². The third kappa shape index (κ3) is 3.82. The molecule has 1 aliphatic heterocycles. The van der Waals surface area contributed by atoms with Crippen LogP contribution in [0.25, 0.3) is 0 Å². The minimum absolute atomic E-state index is 0.0127. The molecule has 8 heteroatoms. The molecule has 0 unspecified atom stereocenters. The summed E-state index contributed by atoms with van der Waals surface area (Å²) in [6.45, 7) is 1.94. The van der Waals surface area contributed by atoms with E-state index in [1.54, 1.807) is 26.4 Å². The first-order valence-corrected chi connectivity index (χ1v) is 9.59. The molecule has 2 aromatic rings. The lowest BCUT2D eigenvalue weighted by Gasteiger charge is -2.14.